The maximum Gasteiger partial charge on any atom is 0.0574 e. The van der Waals surface area contributed by atoms with Crippen LogP contribution in [0.25, 0.3) is 11.1 Å². The van der Waals surface area contributed by atoms with Gasteiger partial charge in [0.2, 0.25) is 0 Å². The Labute approximate surface area is 93.9 Å². The van der Waals surface area contributed by atoms with E-state index in [0.717, 1.165) is 17.0 Å². The molecule has 1 aromatic heterocycles. The van der Waals surface area contributed by atoms with Crippen molar-refractivity contribution in [2.75, 3.05) is 0 Å². The molecule has 0 spiro atoms. The Morgan fingerprint density at radius 2 is 2.07 bits per heavy atom. The van der Waals surface area contributed by atoms with Crippen LogP contribution in [0.4, 0.5) is 0 Å². The van der Waals surface area contributed by atoms with Crippen molar-refractivity contribution in [3.8, 4) is 11.1 Å². The van der Waals surface area contributed by atoms with Crippen LogP contribution in [0.15, 0.2) is 36.7 Å². The van der Waals surface area contributed by atoms with E-state index in [1.54, 1.807) is 12.4 Å². The summed E-state index contributed by atoms with van der Waals surface area (Å²) in [5.74, 6) is 0. The molecule has 3 heteroatoms. The normalized spacial score (nSPS) is 10.3. The molecule has 0 unspecified atom stereocenters. The van der Waals surface area contributed by atoms with Crippen LogP contribution in [0, 0.1) is 0 Å². The van der Waals surface area contributed by atoms with Gasteiger partial charge in [0.05, 0.1) is 12.4 Å². The van der Waals surface area contributed by atoms with Crippen molar-refractivity contribution in [2.24, 2.45) is 0 Å². The van der Waals surface area contributed by atoms with Gasteiger partial charge in [0.15, 0.2) is 0 Å². The molecule has 0 radical (unpaired) electrons. The van der Waals surface area contributed by atoms with E-state index < -0.39 is 0 Å². The Hall–Kier alpha value is -1.41. The molecule has 0 saturated heterocycles. The molecule has 0 atom stereocenters. The Morgan fingerprint density at radius 3 is 2.73 bits per heavy atom. The molecule has 0 N–H and O–H groups in total. The highest BCUT2D eigenvalue weighted by atomic mass is 35.5. The number of nitrogens with zero attached hydrogens (tertiary/aromatic N) is 2. The third-order valence-electron chi connectivity index (χ3n) is 2.34. The molecule has 2 rings (SSSR count). The van der Waals surface area contributed by atoms with Crippen LogP contribution in [-0.4, -0.2) is 10.2 Å². The maximum atomic E-state index is 5.96. The largest absolute Gasteiger partial charge is 0.159 e. The zero-order valence-electron chi connectivity index (χ0n) is 8.44. The lowest BCUT2D eigenvalue weighted by Crippen LogP contribution is -1.89. The molecule has 0 amide bonds. The first-order valence-corrected chi connectivity index (χ1v) is 5.24. The molecule has 15 heavy (non-hydrogen) atoms. The smallest absolute Gasteiger partial charge is 0.0574 e. The van der Waals surface area contributed by atoms with Gasteiger partial charge in [-0.2, -0.15) is 10.2 Å². The van der Waals surface area contributed by atoms with Gasteiger partial charge < -0.3 is 0 Å². The first kappa shape index (κ1) is 10.1. The SMILES string of the molecule is CCc1cc(Cl)ccc1-c1ccnnc1. The van der Waals surface area contributed by atoms with Crippen molar-refractivity contribution >= 4 is 11.6 Å². The molecule has 0 aliphatic heterocycles. The average molecular weight is 219 g/mol. The summed E-state index contributed by atoms with van der Waals surface area (Å²) >= 11 is 5.96. The predicted molar refractivity (Wildman–Crippen MR) is 61.9 cm³/mol. The molecular weight excluding hydrogens is 208 g/mol. The fourth-order valence-corrected chi connectivity index (χ4v) is 1.78. The molecule has 1 heterocycles. The van der Waals surface area contributed by atoms with Crippen LogP contribution in [0.1, 0.15) is 12.5 Å². The second-order valence-electron chi connectivity index (χ2n) is 3.29. The van der Waals surface area contributed by atoms with Crippen molar-refractivity contribution < 1.29 is 0 Å². The van der Waals surface area contributed by atoms with Crippen molar-refractivity contribution in [1.29, 1.82) is 0 Å². The highest BCUT2D eigenvalue weighted by Crippen LogP contribution is 2.25. The van der Waals surface area contributed by atoms with E-state index in [1.807, 2.05) is 24.3 Å². The number of rotatable bonds is 2. The van der Waals surface area contributed by atoms with Crippen molar-refractivity contribution in [3.63, 3.8) is 0 Å². The molecular formula is C12H11ClN2. The second-order valence-corrected chi connectivity index (χ2v) is 3.72. The predicted octanol–water partition coefficient (Wildman–Crippen LogP) is 3.36. The summed E-state index contributed by atoms with van der Waals surface area (Å²) in [6, 6.07) is 7.88. The number of hydrogen-bond donors (Lipinski definition) is 0. The Morgan fingerprint density at radius 1 is 1.20 bits per heavy atom. The molecule has 0 aliphatic rings. The van der Waals surface area contributed by atoms with Crippen LogP contribution < -0.4 is 0 Å². The van der Waals surface area contributed by atoms with Gasteiger partial charge >= 0.3 is 0 Å². The topological polar surface area (TPSA) is 25.8 Å². The van der Waals surface area contributed by atoms with Gasteiger partial charge in [-0.3, -0.25) is 0 Å². The average Bonchev–Trinajstić information content (AvgIpc) is 2.30. The fraction of sp³-hybridized carbons (Fsp3) is 0.167. The van der Waals surface area contributed by atoms with Crippen molar-refractivity contribution in [1.82, 2.24) is 10.2 Å². The maximum absolute atomic E-state index is 5.96. The van der Waals surface area contributed by atoms with Crippen LogP contribution in [0.2, 0.25) is 5.02 Å². The summed E-state index contributed by atoms with van der Waals surface area (Å²) in [6.45, 7) is 2.11. The molecule has 0 aliphatic carbocycles. The zero-order chi connectivity index (χ0) is 10.7. The highest BCUT2D eigenvalue weighted by Gasteiger charge is 2.04. The Balaban J connectivity index is 2.53. The second kappa shape index (κ2) is 4.41. The van der Waals surface area contributed by atoms with Crippen LogP contribution in [-0.2, 0) is 6.42 Å². The van der Waals surface area contributed by atoms with Gasteiger partial charge in [-0.25, -0.2) is 0 Å². The van der Waals surface area contributed by atoms with Gasteiger partial charge in [0, 0.05) is 10.6 Å². The van der Waals surface area contributed by atoms with Crippen molar-refractivity contribution in [3.05, 3.63) is 47.2 Å². The van der Waals surface area contributed by atoms with E-state index in [9.17, 15) is 0 Å². The van der Waals surface area contributed by atoms with Gasteiger partial charge in [-0.15, -0.1) is 0 Å². The summed E-state index contributed by atoms with van der Waals surface area (Å²) in [7, 11) is 0. The van der Waals surface area contributed by atoms with E-state index in [1.165, 1.54) is 11.1 Å². The third-order valence-corrected chi connectivity index (χ3v) is 2.58. The lowest BCUT2D eigenvalue weighted by atomic mass is 10.00. The van der Waals surface area contributed by atoms with Gasteiger partial charge in [0.1, 0.15) is 0 Å². The van der Waals surface area contributed by atoms with E-state index in [0.29, 0.717) is 0 Å². The standard InChI is InChI=1S/C12H11ClN2/c1-2-9-7-11(13)3-4-12(9)10-5-6-14-15-8-10/h3-8H,2H2,1H3. The first-order valence-electron chi connectivity index (χ1n) is 4.86. The lowest BCUT2D eigenvalue weighted by molar-refractivity contribution is 1.03. The minimum Gasteiger partial charge on any atom is -0.159 e. The summed E-state index contributed by atoms with van der Waals surface area (Å²) in [5.41, 5.74) is 3.49. The van der Waals surface area contributed by atoms with E-state index in [4.69, 9.17) is 11.6 Å². The molecule has 0 fully saturated rings. The van der Waals surface area contributed by atoms with E-state index >= 15 is 0 Å². The van der Waals surface area contributed by atoms with Gasteiger partial charge in [0.25, 0.3) is 0 Å². The van der Waals surface area contributed by atoms with E-state index in [-0.39, 0.29) is 0 Å². The number of aromatic nitrogens is 2. The molecule has 0 bridgehead atoms. The molecule has 1 aromatic carbocycles. The monoisotopic (exact) mass is 218 g/mol. The molecule has 2 aromatic rings. The lowest BCUT2D eigenvalue weighted by Gasteiger charge is -2.07. The first-order chi connectivity index (χ1) is 7.31. The number of halogens is 1. The minimum absolute atomic E-state index is 0.776. The minimum atomic E-state index is 0.776. The van der Waals surface area contributed by atoms with Crippen LogP contribution in [0.5, 0.6) is 0 Å². The number of hydrogen-bond acceptors (Lipinski definition) is 2. The number of benzene rings is 1. The summed E-state index contributed by atoms with van der Waals surface area (Å²) < 4.78 is 0. The Kier molecular flexibility index (Phi) is 2.97. The van der Waals surface area contributed by atoms with E-state index in [2.05, 4.69) is 17.1 Å². The quantitative estimate of drug-likeness (QED) is 0.773. The molecule has 76 valence electrons. The summed E-state index contributed by atoms with van der Waals surface area (Å²) in [4.78, 5) is 0. The number of aryl methyl sites for hydroxylation is 1. The third kappa shape index (κ3) is 2.16. The highest BCUT2D eigenvalue weighted by molar-refractivity contribution is 6.30. The van der Waals surface area contributed by atoms with Crippen LogP contribution >= 0.6 is 11.6 Å². The van der Waals surface area contributed by atoms with Crippen LogP contribution in [0.3, 0.4) is 0 Å². The molecule has 2 nitrogen and oxygen atoms in total. The summed E-state index contributed by atoms with van der Waals surface area (Å²) in [6.07, 6.45) is 4.42. The van der Waals surface area contributed by atoms with Crippen molar-refractivity contribution in [2.45, 2.75) is 13.3 Å². The fourth-order valence-electron chi connectivity index (χ4n) is 1.59. The zero-order valence-corrected chi connectivity index (χ0v) is 9.20. The molecule has 0 saturated carbocycles. The van der Waals surface area contributed by atoms with Gasteiger partial charge in [-0.05, 0) is 35.7 Å². The Bertz CT molecular complexity index is 454. The summed E-state index contributed by atoms with van der Waals surface area (Å²) in [5, 5.41) is 8.42. The van der Waals surface area contributed by atoms with Gasteiger partial charge in [-0.1, -0.05) is 24.6 Å².